The summed E-state index contributed by atoms with van der Waals surface area (Å²) < 4.78 is 12.0. The topological polar surface area (TPSA) is 130 Å². The van der Waals surface area contributed by atoms with Gasteiger partial charge in [-0.05, 0) is 57.6 Å². The van der Waals surface area contributed by atoms with Crippen LogP contribution in [0.25, 0.3) is 0 Å². The third kappa shape index (κ3) is 3.49. The molecule has 8 heteroatoms. The standard InChI is InChI=1S/C30H42O8/c1-9-10-21(32)38-29-13-17(5)28-12-16(4)25(37-26(35)18(6)15(2)3)30(28,36)23(33)19(14-31)11-20(24(28)34)22(29)27(29,7)8/h11-12,17,20,22-23,25,31,33,36H,9-10,13-14H2,1-8H3/t17?,20-,22+,23+,25-,28?,29-,30-/m0/s1. The van der Waals surface area contributed by atoms with Crippen LogP contribution in [0.3, 0.4) is 0 Å². The molecule has 0 aromatic rings. The van der Waals surface area contributed by atoms with Gasteiger partial charge in [-0.2, -0.15) is 0 Å². The number of carbonyl (C=O) groups is 3. The van der Waals surface area contributed by atoms with Gasteiger partial charge in [0.1, 0.15) is 11.7 Å². The summed E-state index contributed by atoms with van der Waals surface area (Å²) >= 11 is 0. The number of rotatable bonds is 6. The van der Waals surface area contributed by atoms with E-state index in [0.717, 1.165) is 5.57 Å². The largest absolute Gasteiger partial charge is 0.458 e. The maximum atomic E-state index is 14.6. The van der Waals surface area contributed by atoms with Crippen molar-refractivity contribution in [3.63, 3.8) is 0 Å². The van der Waals surface area contributed by atoms with Crippen LogP contribution in [0.4, 0.5) is 0 Å². The van der Waals surface area contributed by atoms with E-state index in [0.29, 0.717) is 17.6 Å². The smallest absolute Gasteiger partial charge is 0.334 e. The molecule has 0 aromatic carbocycles. The number of ketones is 1. The normalized spacial score (nSPS) is 40.5. The Labute approximate surface area is 224 Å². The third-order valence-corrected chi connectivity index (χ3v) is 10.1. The molecule has 210 valence electrons. The van der Waals surface area contributed by atoms with Crippen LogP contribution in [-0.4, -0.2) is 63.1 Å². The average Bonchev–Trinajstić information content (AvgIpc) is 3.23. The fourth-order valence-electron chi connectivity index (χ4n) is 7.75. The minimum atomic E-state index is -2.26. The Morgan fingerprint density at radius 3 is 2.37 bits per heavy atom. The molecule has 0 heterocycles. The van der Waals surface area contributed by atoms with Gasteiger partial charge >= 0.3 is 11.9 Å². The number of hydrogen-bond donors (Lipinski definition) is 3. The van der Waals surface area contributed by atoms with Crippen LogP contribution >= 0.6 is 0 Å². The molecule has 0 aromatic heterocycles. The van der Waals surface area contributed by atoms with E-state index < -0.39 is 64.6 Å². The van der Waals surface area contributed by atoms with Crippen LogP contribution in [0.15, 0.2) is 34.4 Å². The van der Waals surface area contributed by atoms with Crippen molar-refractivity contribution in [2.45, 2.75) is 98.1 Å². The highest BCUT2D eigenvalue weighted by molar-refractivity contribution is 5.96. The lowest BCUT2D eigenvalue weighted by atomic mass is 9.59. The molecular formula is C30H42O8. The van der Waals surface area contributed by atoms with Gasteiger partial charge in [0.05, 0.1) is 12.0 Å². The number of aliphatic hydroxyl groups excluding tert-OH is 2. The van der Waals surface area contributed by atoms with Gasteiger partial charge in [0.2, 0.25) is 0 Å². The molecule has 8 nitrogen and oxygen atoms in total. The van der Waals surface area contributed by atoms with Crippen molar-refractivity contribution < 1.29 is 39.2 Å². The zero-order valence-corrected chi connectivity index (χ0v) is 23.8. The Morgan fingerprint density at radius 2 is 1.82 bits per heavy atom. The van der Waals surface area contributed by atoms with Crippen LogP contribution in [0.1, 0.15) is 74.7 Å². The number of allylic oxidation sites excluding steroid dienone is 2. The van der Waals surface area contributed by atoms with Crippen molar-refractivity contribution in [3.8, 4) is 0 Å². The number of hydrogen-bond acceptors (Lipinski definition) is 8. The van der Waals surface area contributed by atoms with E-state index in [2.05, 4.69) is 0 Å². The molecule has 0 aliphatic heterocycles. The lowest BCUT2D eigenvalue weighted by Crippen LogP contribution is -2.66. The highest BCUT2D eigenvalue weighted by Crippen LogP contribution is 2.75. The molecule has 0 saturated heterocycles. The van der Waals surface area contributed by atoms with Gasteiger partial charge in [0.25, 0.3) is 0 Å². The second-order valence-electron chi connectivity index (χ2n) is 12.6. The van der Waals surface area contributed by atoms with E-state index in [1.54, 1.807) is 39.8 Å². The quantitative estimate of drug-likeness (QED) is 0.271. The molecule has 2 fully saturated rings. The first kappa shape index (κ1) is 28.7. The molecule has 4 rings (SSSR count). The van der Waals surface area contributed by atoms with Crippen molar-refractivity contribution in [2.75, 3.05) is 6.61 Å². The van der Waals surface area contributed by atoms with E-state index in [1.807, 2.05) is 27.7 Å². The van der Waals surface area contributed by atoms with Gasteiger partial charge in [-0.1, -0.05) is 45.4 Å². The highest BCUT2D eigenvalue weighted by Gasteiger charge is 2.83. The summed E-state index contributed by atoms with van der Waals surface area (Å²) in [6.45, 7) is 13.9. The summed E-state index contributed by atoms with van der Waals surface area (Å²) in [4.78, 5) is 40.4. The summed E-state index contributed by atoms with van der Waals surface area (Å²) in [5, 5.41) is 34.5. The number of esters is 2. The first-order chi connectivity index (χ1) is 17.6. The van der Waals surface area contributed by atoms with Crippen molar-refractivity contribution in [1.82, 2.24) is 0 Å². The average molecular weight is 531 g/mol. The molecule has 0 amide bonds. The first-order valence-electron chi connectivity index (χ1n) is 13.6. The lowest BCUT2D eigenvalue weighted by Gasteiger charge is -2.49. The Bertz CT molecular complexity index is 1160. The number of ether oxygens (including phenoxy) is 2. The molecule has 0 radical (unpaired) electrons. The van der Waals surface area contributed by atoms with Gasteiger partial charge in [-0.25, -0.2) is 4.79 Å². The number of fused-ring (bicyclic) bond motifs is 3. The molecule has 3 N–H and O–H groups in total. The molecule has 4 aliphatic carbocycles. The van der Waals surface area contributed by atoms with Crippen molar-refractivity contribution in [1.29, 1.82) is 0 Å². The summed E-state index contributed by atoms with van der Waals surface area (Å²) in [6.07, 6.45) is 1.39. The van der Waals surface area contributed by atoms with Crippen LogP contribution < -0.4 is 0 Å². The van der Waals surface area contributed by atoms with E-state index in [1.165, 1.54) is 0 Å². The summed E-state index contributed by atoms with van der Waals surface area (Å²) in [5.74, 6) is -3.13. The van der Waals surface area contributed by atoms with Gasteiger partial charge in [0.15, 0.2) is 17.5 Å². The lowest BCUT2D eigenvalue weighted by molar-refractivity contribution is -0.203. The number of carbonyl (C=O) groups excluding carboxylic acids is 3. The Hall–Kier alpha value is -2.29. The van der Waals surface area contributed by atoms with Gasteiger partial charge in [0, 0.05) is 29.2 Å². The zero-order valence-electron chi connectivity index (χ0n) is 23.8. The van der Waals surface area contributed by atoms with Gasteiger partial charge in [-0.3, -0.25) is 9.59 Å². The summed E-state index contributed by atoms with van der Waals surface area (Å²) in [6, 6.07) is 0. The maximum absolute atomic E-state index is 14.6. The number of aliphatic hydroxyl groups is 3. The molecule has 2 bridgehead atoms. The van der Waals surface area contributed by atoms with Crippen molar-refractivity contribution >= 4 is 17.7 Å². The molecule has 38 heavy (non-hydrogen) atoms. The fraction of sp³-hybridized carbons (Fsp3) is 0.700. The Kier molecular flexibility index (Phi) is 6.90. The first-order valence-corrected chi connectivity index (χ1v) is 13.6. The molecule has 2 unspecified atom stereocenters. The predicted molar refractivity (Wildman–Crippen MR) is 140 cm³/mol. The number of Topliss-reactive ketones (excluding diaryl/α,β-unsaturated/α-hetero) is 1. The van der Waals surface area contributed by atoms with Crippen molar-refractivity contribution in [2.24, 2.45) is 28.6 Å². The second kappa shape index (κ2) is 9.14. The van der Waals surface area contributed by atoms with Crippen LogP contribution in [0, 0.1) is 28.6 Å². The predicted octanol–water partition coefficient (Wildman–Crippen LogP) is 3.19. The Balaban J connectivity index is 1.91. The zero-order chi connectivity index (χ0) is 28.6. The Morgan fingerprint density at radius 1 is 1.18 bits per heavy atom. The van der Waals surface area contributed by atoms with E-state index >= 15 is 0 Å². The fourth-order valence-corrected chi connectivity index (χ4v) is 7.75. The summed E-state index contributed by atoms with van der Waals surface area (Å²) in [7, 11) is 0. The minimum absolute atomic E-state index is 0.0846. The highest BCUT2D eigenvalue weighted by atomic mass is 16.6. The van der Waals surface area contributed by atoms with Crippen LogP contribution in [0.5, 0.6) is 0 Å². The van der Waals surface area contributed by atoms with Crippen LogP contribution in [-0.2, 0) is 23.9 Å². The monoisotopic (exact) mass is 530 g/mol. The molecule has 4 aliphatic rings. The van der Waals surface area contributed by atoms with Crippen LogP contribution in [0.2, 0.25) is 0 Å². The summed E-state index contributed by atoms with van der Waals surface area (Å²) in [5.41, 5.74) is -3.74. The molecule has 8 atom stereocenters. The third-order valence-electron chi connectivity index (χ3n) is 10.1. The van der Waals surface area contributed by atoms with Gasteiger partial charge in [-0.15, -0.1) is 0 Å². The van der Waals surface area contributed by atoms with E-state index in [4.69, 9.17) is 9.47 Å². The second-order valence-corrected chi connectivity index (χ2v) is 12.6. The van der Waals surface area contributed by atoms with E-state index in [9.17, 15) is 29.7 Å². The van der Waals surface area contributed by atoms with E-state index in [-0.39, 0.29) is 30.2 Å². The molecular weight excluding hydrogens is 488 g/mol. The van der Waals surface area contributed by atoms with Crippen molar-refractivity contribution in [3.05, 3.63) is 34.4 Å². The molecule has 2 saturated carbocycles. The van der Waals surface area contributed by atoms with Gasteiger partial charge < -0.3 is 24.8 Å². The molecule has 1 spiro atoms. The minimum Gasteiger partial charge on any atom is -0.458 e. The maximum Gasteiger partial charge on any atom is 0.334 e. The SMILES string of the molecule is CCCC(=O)O[C@@]12CC(C)C34C=C(C)[C@H](OC(=O)C(C)=C(C)C)[C@@]3(O)[C@H](O)C(CO)=C[C@H](C4=O)[C@@H]1C2(C)C.